The van der Waals surface area contributed by atoms with E-state index in [2.05, 4.69) is 0 Å². The van der Waals surface area contributed by atoms with Gasteiger partial charge in [0.15, 0.2) is 23.0 Å². The van der Waals surface area contributed by atoms with Crippen molar-refractivity contribution in [2.24, 2.45) is 0 Å². The number of aliphatic hydroxyl groups excluding tert-OH is 1. The Bertz CT molecular complexity index is 1460. The van der Waals surface area contributed by atoms with E-state index in [4.69, 9.17) is 37.9 Å². The molecule has 310 valence electrons. The van der Waals surface area contributed by atoms with Crippen molar-refractivity contribution in [2.45, 2.75) is 217 Å². The van der Waals surface area contributed by atoms with Crippen LogP contribution in [0.1, 0.15) is 183 Å². The lowest BCUT2D eigenvalue weighted by atomic mass is 9.95. The van der Waals surface area contributed by atoms with Crippen molar-refractivity contribution in [3.05, 3.63) is 23.3 Å². The molecule has 0 atom stereocenters. The second-order valence-electron chi connectivity index (χ2n) is 22.0. The normalized spacial score (nSPS) is 13.8. The van der Waals surface area contributed by atoms with Crippen molar-refractivity contribution in [2.75, 3.05) is 0 Å². The predicted molar refractivity (Wildman–Crippen MR) is 220 cm³/mol. The Hall–Kier alpha value is -3.20. The molecule has 0 aliphatic carbocycles. The molecule has 2 rings (SSSR count). The minimum atomic E-state index is -1.39. The van der Waals surface area contributed by atoms with Gasteiger partial charge in [0.05, 0.1) is 0 Å². The lowest BCUT2D eigenvalue weighted by Crippen LogP contribution is -2.31. The molecule has 0 heterocycles. The summed E-state index contributed by atoms with van der Waals surface area (Å²) in [6.07, 6.45) is -1.39. The Labute approximate surface area is 328 Å². The molecule has 2 aromatic carbocycles. The zero-order valence-electron chi connectivity index (χ0n) is 38.4. The maximum Gasteiger partial charge on any atom is 0.208 e. The van der Waals surface area contributed by atoms with Gasteiger partial charge in [0.2, 0.25) is 23.0 Å². The minimum absolute atomic E-state index is 0.304. The molecule has 0 saturated carbocycles. The summed E-state index contributed by atoms with van der Waals surface area (Å²) in [5, 5.41) is 13.0. The third-order valence-electron chi connectivity index (χ3n) is 6.24. The van der Waals surface area contributed by atoms with E-state index < -0.39 is 50.9 Å². The molecule has 0 fully saturated rings. The zero-order valence-corrected chi connectivity index (χ0v) is 38.4. The molecule has 0 aromatic heterocycles. The second kappa shape index (κ2) is 15.4. The Balaban J connectivity index is 3.43. The lowest BCUT2D eigenvalue weighted by Gasteiger charge is -2.36. The van der Waals surface area contributed by atoms with E-state index in [1.165, 1.54) is 0 Å². The summed E-state index contributed by atoms with van der Waals surface area (Å²) in [4.78, 5) is 0. The Morgan fingerprint density at radius 1 is 0.296 bits per heavy atom. The van der Waals surface area contributed by atoms with Gasteiger partial charge in [-0.15, -0.1) is 0 Å². The number of benzene rings is 2. The molecule has 0 radical (unpaired) electrons. The fourth-order valence-corrected chi connectivity index (χ4v) is 5.05. The van der Waals surface area contributed by atoms with E-state index >= 15 is 0 Å². The van der Waals surface area contributed by atoms with Crippen LogP contribution in [0.25, 0.3) is 0 Å². The highest BCUT2D eigenvalue weighted by Gasteiger charge is 2.39. The molecule has 0 aliphatic heterocycles. The molecule has 0 saturated heterocycles. The molecule has 0 amide bonds. The zero-order chi connectivity index (χ0) is 42.4. The van der Waals surface area contributed by atoms with Gasteiger partial charge in [-0.2, -0.15) is 0 Å². The second-order valence-corrected chi connectivity index (χ2v) is 22.0. The van der Waals surface area contributed by atoms with Crippen LogP contribution in [0.5, 0.6) is 46.0 Å². The molecule has 0 spiro atoms. The summed E-state index contributed by atoms with van der Waals surface area (Å²) in [6, 6.07) is 3.56. The van der Waals surface area contributed by atoms with Gasteiger partial charge in [-0.3, -0.25) is 0 Å². The van der Waals surface area contributed by atoms with Crippen LogP contribution < -0.4 is 37.9 Å². The summed E-state index contributed by atoms with van der Waals surface area (Å²) in [7, 11) is 0. The van der Waals surface area contributed by atoms with E-state index in [0.717, 1.165) is 0 Å². The largest absolute Gasteiger partial charge is 0.484 e. The molecule has 9 nitrogen and oxygen atoms in total. The van der Waals surface area contributed by atoms with Crippen LogP contribution >= 0.6 is 0 Å². The van der Waals surface area contributed by atoms with Gasteiger partial charge < -0.3 is 43.0 Å². The first-order valence-corrected chi connectivity index (χ1v) is 19.3. The van der Waals surface area contributed by atoms with Gasteiger partial charge in [-0.05, 0) is 178 Å². The van der Waals surface area contributed by atoms with Gasteiger partial charge >= 0.3 is 0 Å². The van der Waals surface area contributed by atoms with E-state index in [1.54, 1.807) is 12.1 Å². The van der Waals surface area contributed by atoms with Crippen LogP contribution in [0.4, 0.5) is 0 Å². The average molecular weight is 761 g/mol. The van der Waals surface area contributed by atoms with Crippen molar-refractivity contribution in [1.82, 2.24) is 0 Å². The van der Waals surface area contributed by atoms with Crippen molar-refractivity contribution in [3.8, 4) is 46.0 Å². The number of ether oxygens (including phenoxy) is 8. The fourth-order valence-electron chi connectivity index (χ4n) is 5.05. The Kier molecular flexibility index (Phi) is 13.4. The summed E-state index contributed by atoms with van der Waals surface area (Å²) < 4.78 is 53.7. The summed E-state index contributed by atoms with van der Waals surface area (Å²) in [5.74, 6) is 2.74. The highest BCUT2D eigenvalue weighted by Crippen LogP contribution is 2.57. The molecule has 54 heavy (non-hydrogen) atoms. The minimum Gasteiger partial charge on any atom is -0.484 e. The first-order valence-electron chi connectivity index (χ1n) is 19.3. The SMILES string of the molecule is CC(C)(C)Oc1cc(C(O)c2cc(OC(C)(C)C)c(OC(C)(C)C)c(OC(C)(C)C)c2OC(C)(C)C)c(OC(C)(C)C)c(OC(C)(C)C)c1OC(C)(C)C. The quantitative estimate of drug-likeness (QED) is 0.254. The van der Waals surface area contributed by atoms with Gasteiger partial charge in [0.1, 0.15) is 50.9 Å². The van der Waals surface area contributed by atoms with Crippen LogP contribution in [-0.2, 0) is 0 Å². The molecule has 0 aliphatic rings. The summed E-state index contributed by atoms with van der Waals surface area (Å²) in [5.41, 5.74) is -4.63. The van der Waals surface area contributed by atoms with Crippen LogP contribution in [-0.4, -0.2) is 49.9 Å². The summed E-state index contributed by atoms with van der Waals surface area (Å²) >= 11 is 0. The van der Waals surface area contributed by atoms with Gasteiger partial charge in [0, 0.05) is 11.1 Å². The molecule has 9 heteroatoms. The molecular formula is C45H76O9. The maximum atomic E-state index is 13.0. The van der Waals surface area contributed by atoms with E-state index in [0.29, 0.717) is 57.1 Å². The van der Waals surface area contributed by atoms with E-state index in [-0.39, 0.29) is 0 Å². The first-order chi connectivity index (χ1) is 23.6. The fraction of sp³-hybridized carbons (Fsp3) is 0.733. The third kappa shape index (κ3) is 15.5. The molecule has 0 bridgehead atoms. The van der Waals surface area contributed by atoms with Gasteiger partial charge in [0.25, 0.3) is 0 Å². The van der Waals surface area contributed by atoms with Crippen LogP contribution in [0, 0.1) is 0 Å². The Morgan fingerprint density at radius 3 is 0.685 bits per heavy atom. The van der Waals surface area contributed by atoms with Gasteiger partial charge in [-0.1, -0.05) is 0 Å². The van der Waals surface area contributed by atoms with Crippen molar-refractivity contribution >= 4 is 0 Å². The number of hydrogen-bond acceptors (Lipinski definition) is 9. The van der Waals surface area contributed by atoms with E-state index in [9.17, 15) is 5.11 Å². The maximum absolute atomic E-state index is 13.0. The van der Waals surface area contributed by atoms with Crippen molar-refractivity contribution < 1.29 is 43.0 Å². The monoisotopic (exact) mass is 761 g/mol. The highest BCUT2D eigenvalue weighted by atomic mass is 16.6. The molecular weight excluding hydrogens is 684 g/mol. The van der Waals surface area contributed by atoms with E-state index in [1.807, 2.05) is 166 Å². The number of rotatable bonds is 10. The third-order valence-corrected chi connectivity index (χ3v) is 6.24. The van der Waals surface area contributed by atoms with Crippen LogP contribution in [0.15, 0.2) is 12.1 Å². The van der Waals surface area contributed by atoms with Crippen molar-refractivity contribution in [1.29, 1.82) is 0 Å². The van der Waals surface area contributed by atoms with Crippen LogP contribution in [0.3, 0.4) is 0 Å². The summed E-state index contributed by atoms with van der Waals surface area (Å²) in [6.45, 7) is 47.0. The standard InChI is InChI=1S/C45H76O9/c1-38(2,3)47-29-25-27(32(49-40(7,8)9)36(53-44(19,20)21)34(29)51-42(13,14)15)31(46)28-26-30(48-39(4,5)6)35(52-43(16,17)18)37(54-45(22,23)24)33(28)50-41(10,11)12/h25-26,31,46H,1-24H3. The number of aliphatic hydroxyl groups is 1. The molecule has 0 unspecified atom stereocenters. The van der Waals surface area contributed by atoms with Crippen molar-refractivity contribution in [3.63, 3.8) is 0 Å². The predicted octanol–water partition coefficient (Wildman–Crippen LogP) is 12.2. The first kappa shape index (κ1) is 47.0. The van der Waals surface area contributed by atoms with Crippen LogP contribution in [0.2, 0.25) is 0 Å². The Morgan fingerprint density at radius 2 is 0.481 bits per heavy atom. The topological polar surface area (TPSA) is 94.1 Å². The highest BCUT2D eigenvalue weighted by molar-refractivity contribution is 5.69. The lowest BCUT2D eigenvalue weighted by molar-refractivity contribution is 0.0608. The smallest absolute Gasteiger partial charge is 0.208 e. The molecule has 1 N–H and O–H groups in total. The average Bonchev–Trinajstić information content (AvgIpc) is 2.84. The van der Waals surface area contributed by atoms with Gasteiger partial charge in [-0.25, -0.2) is 0 Å². The molecule has 2 aromatic rings. The number of hydrogen-bond donors (Lipinski definition) is 1.